The molecule has 5 nitrogen and oxygen atoms in total. The second-order valence-electron chi connectivity index (χ2n) is 4.08. The molecule has 96 valence electrons. The molecule has 0 radical (unpaired) electrons. The summed E-state index contributed by atoms with van der Waals surface area (Å²) in [7, 11) is 0. The van der Waals surface area contributed by atoms with E-state index in [1.165, 1.54) is 30.3 Å². The van der Waals surface area contributed by atoms with Crippen molar-refractivity contribution >= 4 is 11.0 Å². The minimum atomic E-state index is -0.621. The maximum absolute atomic E-state index is 13.1. The summed E-state index contributed by atoms with van der Waals surface area (Å²) in [5.74, 6) is -1.67. The highest BCUT2D eigenvalue weighted by atomic mass is 19.1. The number of hydrogen-bond acceptors (Lipinski definition) is 4. The molecule has 3 rings (SSSR count). The normalized spacial score (nSPS) is 11.0. The lowest BCUT2D eigenvalue weighted by Gasteiger charge is -2.04. The van der Waals surface area contributed by atoms with E-state index in [9.17, 15) is 19.7 Å². The van der Waals surface area contributed by atoms with Crippen LogP contribution in [0.2, 0.25) is 0 Å². The summed E-state index contributed by atoms with van der Waals surface area (Å²) in [4.78, 5) is 7.02. The highest BCUT2D eigenvalue weighted by Gasteiger charge is 2.15. The predicted octanol–water partition coefficient (Wildman–Crippen LogP) is 2.49. The monoisotopic (exact) mass is 260 g/mol. The maximum Gasteiger partial charge on any atom is 0.201 e. The van der Waals surface area contributed by atoms with Gasteiger partial charge in [-0.2, -0.15) is 0 Å². The first-order chi connectivity index (χ1) is 9.06. The molecule has 0 unspecified atom stereocenters. The molecule has 0 saturated heterocycles. The van der Waals surface area contributed by atoms with Crippen LogP contribution in [0.4, 0.5) is 4.39 Å². The van der Waals surface area contributed by atoms with E-state index in [0.29, 0.717) is 11.0 Å². The Labute approximate surface area is 106 Å². The van der Waals surface area contributed by atoms with Crippen LogP contribution in [0.3, 0.4) is 0 Å². The largest absolute Gasteiger partial charge is 0.504 e. The number of phenolic OH excluding ortho intramolecular Hbond substituents is 3. The van der Waals surface area contributed by atoms with Crippen molar-refractivity contribution in [1.29, 1.82) is 0 Å². The van der Waals surface area contributed by atoms with Crippen molar-refractivity contribution in [2.24, 2.45) is 0 Å². The zero-order chi connectivity index (χ0) is 13.6. The van der Waals surface area contributed by atoms with Crippen molar-refractivity contribution in [1.82, 2.24) is 9.97 Å². The van der Waals surface area contributed by atoms with Crippen LogP contribution in [0.1, 0.15) is 0 Å². The van der Waals surface area contributed by atoms with Crippen LogP contribution in [0, 0.1) is 5.82 Å². The first-order valence-corrected chi connectivity index (χ1v) is 5.46. The molecule has 0 fully saturated rings. The van der Waals surface area contributed by atoms with Gasteiger partial charge in [0.15, 0.2) is 11.5 Å². The molecule has 1 heterocycles. The van der Waals surface area contributed by atoms with Gasteiger partial charge < -0.3 is 20.3 Å². The van der Waals surface area contributed by atoms with Crippen molar-refractivity contribution in [3.63, 3.8) is 0 Å². The highest BCUT2D eigenvalue weighted by molar-refractivity contribution is 5.81. The zero-order valence-electron chi connectivity index (χ0n) is 9.55. The van der Waals surface area contributed by atoms with E-state index in [1.807, 2.05) is 0 Å². The lowest BCUT2D eigenvalue weighted by Crippen LogP contribution is -1.82. The third kappa shape index (κ3) is 1.74. The van der Waals surface area contributed by atoms with Crippen LogP contribution >= 0.6 is 0 Å². The molecule has 4 N–H and O–H groups in total. The zero-order valence-corrected chi connectivity index (χ0v) is 9.55. The van der Waals surface area contributed by atoms with Crippen molar-refractivity contribution in [2.75, 3.05) is 0 Å². The average molecular weight is 260 g/mol. The van der Waals surface area contributed by atoms with Gasteiger partial charge in [-0.1, -0.05) is 0 Å². The van der Waals surface area contributed by atoms with E-state index in [1.54, 1.807) is 0 Å². The van der Waals surface area contributed by atoms with Crippen molar-refractivity contribution in [3.05, 3.63) is 36.1 Å². The molecular weight excluding hydrogens is 251 g/mol. The first-order valence-electron chi connectivity index (χ1n) is 5.46. The van der Waals surface area contributed by atoms with Gasteiger partial charge in [-0.15, -0.1) is 0 Å². The number of H-pyrrole nitrogens is 1. The molecule has 0 bridgehead atoms. The summed E-state index contributed by atoms with van der Waals surface area (Å²) in [6.07, 6.45) is 0. The van der Waals surface area contributed by atoms with Crippen LogP contribution < -0.4 is 0 Å². The second-order valence-corrected chi connectivity index (χ2v) is 4.08. The smallest absolute Gasteiger partial charge is 0.201 e. The summed E-state index contributed by atoms with van der Waals surface area (Å²) in [5, 5.41) is 28.5. The molecule has 0 aliphatic rings. The van der Waals surface area contributed by atoms with Gasteiger partial charge in [0.2, 0.25) is 5.75 Å². The van der Waals surface area contributed by atoms with Crippen LogP contribution in [0.5, 0.6) is 17.2 Å². The second kappa shape index (κ2) is 3.88. The van der Waals surface area contributed by atoms with E-state index in [-0.39, 0.29) is 11.4 Å². The van der Waals surface area contributed by atoms with E-state index in [2.05, 4.69) is 9.97 Å². The summed E-state index contributed by atoms with van der Waals surface area (Å²) >= 11 is 0. The number of rotatable bonds is 1. The molecule has 6 heteroatoms. The average Bonchev–Trinajstić information content (AvgIpc) is 2.78. The van der Waals surface area contributed by atoms with Gasteiger partial charge in [0.25, 0.3) is 0 Å². The molecular formula is C13H9FN2O3. The Morgan fingerprint density at radius 3 is 2.58 bits per heavy atom. The minimum absolute atomic E-state index is 0.215. The molecule has 0 atom stereocenters. The summed E-state index contributed by atoms with van der Waals surface area (Å²) < 4.78 is 13.1. The Bertz CT molecular complexity index is 783. The van der Waals surface area contributed by atoms with Gasteiger partial charge in [-0.05, 0) is 30.3 Å². The third-order valence-corrected chi connectivity index (χ3v) is 2.83. The quantitative estimate of drug-likeness (QED) is 0.506. The van der Waals surface area contributed by atoms with Gasteiger partial charge in [0.1, 0.15) is 11.6 Å². The number of benzene rings is 2. The Morgan fingerprint density at radius 1 is 1.00 bits per heavy atom. The van der Waals surface area contributed by atoms with E-state index < -0.39 is 23.1 Å². The number of hydrogen-bond donors (Lipinski definition) is 4. The van der Waals surface area contributed by atoms with Gasteiger partial charge in [0.05, 0.1) is 16.6 Å². The van der Waals surface area contributed by atoms with Crippen LogP contribution in [0.25, 0.3) is 22.4 Å². The molecule has 19 heavy (non-hydrogen) atoms. The molecule has 0 aliphatic carbocycles. The molecule has 3 aromatic rings. The van der Waals surface area contributed by atoms with Gasteiger partial charge in [-0.25, -0.2) is 9.37 Å². The number of halogens is 1. The van der Waals surface area contributed by atoms with E-state index >= 15 is 0 Å². The summed E-state index contributed by atoms with van der Waals surface area (Å²) in [6.45, 7) is 0. The molecule has 2 aromatic carbocycles. The van der Waals surface area contributed by atoms with Crippen LogP contribution in [-0.2, 0) is 0 Å². The lowest BCUT2D eigenvalue weighted by atomic mass is 10.1. The van der Waals surface area contributed by atoms with E-state index in [0.717, 1.165) is 0 Å². The highest BCUT2D eigenvalue weighted by Crippen LogP contribution is 2.41. The first kappa shape index (κ1) is 11.3. The third-order valence-electron chi connectivity index (χ3n) is 2.83. The Kier molecular flexibility index (Phi) is 2.31. The van der Waals surface area contributed by atoms with Crippen molar-refractivity contribution < 1.29 is 19.7 Å². The summed E-state index contributed by atoms with van der Waals surface area (Å²) in [5.41, 5.74) is 1.22. The standard InChI is InChI=1S/C13H9FN2O3/c14-6-1-3-8-9(5-6)16-13(15-8)7-2-4-10(17)12(19)11(7)18/h1-5,17-19H,(H,15,16). The number of nitrogens with one attached hydrogen (secondary N) is 1. The Balaban J connectivity index is 2.22. The fourth-order valence-corrected chi connectivity index (χ4v) is 1.87. The van der Waals surface area contributed by atoms with Gasteiger partial charge in [-0.3, -0.25) is 0 Å². The molecule has 0 spiro atoms. The predicted molar refractivity (Wildman–Crippen MR) is 66.5 cm³/mol. The number of aromatic nitrogens is 2. The van der Waals surface area contributed by atoms with E-state index in [4.69, 9.17) is 0 Å². The van der Waals surface area contributed by atoms with Gasteiger partial charge in [0, 0.05) is 0 Å². The minimum Gasteiger partial charge on any atom is -0.504 e. The van der Waals surface area contributed by atoms with Crippen LogP contribution in [-0.4, -0.2) is 25.3 Å². The molecule has 0 saturated carbocycles. The number of aromatic hydroxyl groups is 3. The number of fused-ring (bicyclic) bond motifs is 1. The Hall–Kier alpha value is -2.76. The SMILES string of the molecule is Oc1ccc(-c2nc3ccc(F)cc3[nH]2)c(O)c1O. The summed E-state index contributed by atoms with van der Waals surface area (Å²) in [6, 6.07) is 6.70. The van der Waals surface area contributed by atoms with Gasteiger partial charge >= 0.3 is 0 Å². The number of nitrogens with zero attached hydrogens (tertiary/aromatic N) is 1. The fourth-order valence-electron chi connectivity index (χ4n) is 1.87. The number of imidazole rings is 1. The van der Waals surface area contributed by atoms with Crippen molar-refractivity contribution in [3.8, 4) is 28.6 Å². The van der Waals surface area contributed by atoms with Crippen LogP contribution in [0.15, 0.2) is 30.3 Å². The number of aromatic amines is 1. The maximum atomic E-state index is 13.1. The molecule has 0 aliphatic heterocycles. The topological polar surface area (TPSA) is 89.4 Å². The molecule has 0 amide bonds. The van der Waals surface area contributed by atoms with Crippen molar-refractivity contribution in [2.45, 2.75) is 0 Å². The molecule has 1 aromatic heterocycles. The fraction of sp³-hybridized carbons (Fsp3) is 0. The number of phenols is 3. The Morgan fingerprint density at radius 2 is 1.79 bits per heavy atom. The lowest BCUT2D eigenvalue weighted by molar-refractivity contribution is 0.369.